The van der Waals surface area contributed by atoms with E-state index in [1.165, 1.54) is 12.4 Å². The summed E-state index contributed by atoms with van der Waals surface area (Å²) < 4.78 is 19.0. The van der Waals surface area contributed by atoms with E-state index >= 15 is 0 Å². The van der Waals surface area contributed by atoms with Crippen molar-refractivity contribution in [1.82, 2.24) is 15.0 Å². The van der Waals surface area contributed by atoms with Crippen molar-refractivity contribution in [3.05, 3.63) is 42.7 Å². The minimum absolute atomic E-state index is 0.131. The van der Waals surface area contributed by atoms with Crippen LogP contribution < -0.4 is 10.2 Å². The highest BCUT2D eigenvalue weighted by Gasteiger charge is 2.45. The molecular formula is C16H18FN5O. The Bertz CT molecular complexity index is 668. The highest BCUT2D eigenvalue weighted by atomic mass is 19.1. The largest absolute Gasteiger partial charge is 0.371 e. The summed E-state index contributed by atoms with van der Waals surface area (Å²) in [6.07, 6.45) is 7.89. The molecule has 0 saturated carbocycles. The lowest BCUT2D eigenvalue weighted by Gasteiger charge is -2.24. The van der Waals surface area contributed by atoms with Crippen molar-refractivity contribution in [3.63, 3.8) is 0 Å². The van der Waals surface area contributed by atoms with Crippen LogP contribution in [0.4, 0.5) is 16.0 Å². The van der Waals surface area contributed by atoms with Gasteiger partial charge in [-0.15, -0.1) is 0 Å². The van der Waals surface area contributed by atoms with E-state index in [2.05, 4.69) is 31.2 Å². The molecule has 2 saturated heterocycles. The van der Waals surface area contributed by atoms with E-state index in [1.807, 2.05) is 12.3 Å². The third kappa shape index (κ3) is 2.96. The van der Waals surface area contributed by atoms with Gasteiger partial charge in [0.25, 0.3) is 0 Å². The standard InChI is InChI=1S/C16H18FN5O/c17-12-7-19-15(20-8-12)21-13-6-16(23-10-13)3-5-22(11-16)14-2-1-4-18-9-14/h1-2,4,7-9,13H,3,5-6,10-11H2,(H,19,20,21). The molecule has 6 nitrogen and oxygen atoms in total. The fourth-order valence-corrected chi connectivity index (χ4v) is 3.40. The van der Waals surface area contributed by atoms with Crippen LogP contribution in [0.5, 0.6) is 0 Å². The van der Waals surface area contributed by atoms with Crippen molar-refractivity contribution in [2.75, 3.05) is 29.9 Å². The number of halogens is 1. The van der Waals surface area contributed by atoms with Gasteiger partial charge < -0.3 is 15.0 Å². The molecule has 0 aliphatic carbocycles. The first kappa shape index (κ1) is 14.3. The molecule has 2 aromatic heterocycles. The van der Waals surface area contributed by atoms with Crippen molar-refractivity contribution in [1.29, 1.82) is 0 Å². The van der Waals surface area contributed by atoms with Crippen molar-refractivity contribution in [3.8, 4) is 0 Å². The summed E-state index contributed by atoms with van der Waals surface area (Å²) >= 11 is 0. The molecule has 1 spiro atoms. The van der Waals surface area contributed by atoms with Crippen LogP contribution in [0.1, 0.15) is 12.8 Å². The number of rotatable bonds is 3. The van der Waals surface area contributed by atoms with Gasteiger partial charge in [-0.2, -0.15) is 0 Å². The zero-order chi connectivity index (χ0) is 15.7. The van der Waals surface area contributed by atoms with Crippen LogP contribution in [-0.4, -0.2) is 46.3 Å². The van der Waals surface area contributed by atoms with E-state index < -0.39 is 5.82 Å². The molecule has 2 aliphatic heterocycles. The van der Waals surface area contributed by atoms with Crippen LogP contribution in [0.2, 0.25) is 0 Å². The molecule has 0 amide bonds. The Morgan fingerprint density at radius 2 is 2.17 bits per heavy atom. The second-order valence-electron chi connectivity index (χ2n) is 6.15. The second kappa shape index (κ2) is 5.73. The minimum atomic E-state index is -0.433. The Hall–Kier alpha value is -2.28. The van der Waals surface area contributed by atoms with E-state index in [0.717, 1.165) is 31.6 Å². The minimum Gasteiger partial charge on any atom is -0.371 e. The number of aromatic nitrogens is 3. The second-order valence-corrected chi connectivity index (χ2v) is 6.15. The molecule has 120 valence electrons. The Labute approximate surface area is 133 Å². The fraction of sp³-hybridized carbons (Fsp3) is 0.438. The maximum atomic E-state index is 12.9. The van der Waals surface area contributed by atoms with Crippen LogP contribution in [0.25, 0.3) is 0 Å². The molecular weight excluding hydrogens is 297 g/mol. The van der Waals surface area contributed by atoms with Gasteiger partial charge in [-0.1, -0.05) is 0 Å². The third-order valence-electron chi connectivity index (χ3n) is 4.49. The number of pyridine rings is 1. The molecule has 2 aliphatic rings. The quantitative estimate of drug-likeness (QED) is 0.933. The number of anilines is 2. The summed E-state index contributed by atoms with van der Waals surface area (Å²) in [6.45, 7) is 2.44. The molecule has 7 heteroatoms. The summed E-state index contributed by atoms with van der Waals surface area (Å²) in [5.74, 6) is 0.0109. The maximum absolute atomic E-state index is 12.9. The van der Waals surface area contributed by atoms with E-state index in [-0.39, 0.29) is 11.6 Å². The molecule has 1 N–H and O–H groups in total. The van der Waals surface area contributed by atoms with Gasteiger partial charge in [-0.3, -0.25) is 4.98 Å². The Kier molecular flexibility index (Phi) is 3.57. The van der Waals surface area contributed by atoms with E-state index in [1.54, 1.807) is 6.20 Å². The topological polar surface area (TPSA) is 63.2 Å². The Morgan fingerprint density at radius 3 is 2.96 bits per heavy atom. The van der Waals surface area contributed by atoms with Crippen LogP contribution in [0.3, 0.4) is 0 Å². The average Bonchev–Trinajstić information content (AvgIpc) is 3.18. The molecule has 2 fully saturated rings. The zero-order valence-corrected chi connectivity index (χ0v) is 12.7. The predicted molar refractivity (Wildman–Crippen MR) is 83.8 cm³/mol. The first-order valence-corrected chi connectivity index (χ1v) is 7.76. The molecule has 2 atom stereocenters. The van der Waals surface area contributed by atoms with Gasteiger partial charge in [0.05, 0.1) is 42.5 Å². The first-order chi connectivity index (χ1) is 11.2. The van der Waals surface area contributed by atoms with Gasteiger partial charge in [0.2, 0.25) is 5.95 Å². The molecule has 4 heterocycles. The Morgan fingerprint density at radius 1 is 1.30 bits per heavy atom. The lowest BCUT2D eigenvalue weighted by molar-refractivity contribution is 0.0229. The lowest BCUT2D eigenvalue weighted by Crippen LogP contribution is -2.33. The van der Waals surface area contributed by atoms with Crippen LogP contribution in [0, 0.1) is 5.82 Å². The normalized spacial score (nSPS) is 26.8. The van der Waals surface area contributed by atoms with Gasteiger partial charge in [0.15, 0.2) is 5.82 Å². The summed E-state index contributed by atoms with van der Waals surface area (Å²) in [5.41, 5.74) is 0.999. The van der Waals surface area contributed by atoms with E-state index in [4.69, 9.17) is 4.74 Å². The van der Waals surface area contributed by atoms with E-state index in [9.17, 15) is 4.39 Å². The SMILES string of the molecule is Fc1cnc(NC2COC3(CCN(c4cccnc4)C3)C2)nc1. The molecule has 0 radical (unpaired) electrons. The average molecular weight is 315 g/mol. The third-order valence-corrected chi connectivity index (χ3v) is 4.49. The predicted octanol–water partition coefficient (Wildman–Crippen LogP) is 1.86. The van der Waals surface area contributed by atoms with Crippen LogP contribution in [0.15, 0.2) is 36.9 Å². The number of nitrogens with zero attached hydrogens (tertiary/aromatic N) is 4. The van der Waals surface area contributed by atoms with Crippen LogP contribution >= 0.6 is 0 Å². The molecule has 23 heavy (non-hydrogen) atoms. The van der Waals surface area contributed by atoms with Crippen molar-refractivity contribution in [2.45, 2.75) is 24.5 Å². The van der Waals surface area contributed by atoms with E-state index in [0.29, 0.717) is 12.6 Å². The first-order valence-electron chi connectivity index (χ1n) is 7.76. The number of ether oxygens (including phenoxy) is 1. The summed E-state index contributed by atoms with van der Waals surface area (Å²) in [4.78, 5) is 14.4. The summed E-state index contributed by atoms with van der Waals surface area (Å²) in [6, 6.07) is 4.17. The number of hydrogen-bond acceptors (Lipinski definition) is 6. The van der Waals surface area contributed by atoms with Gasteiger partial charge in [0, 0.05) is 25.7 Å². The van der Waals surface area contributed by atoms with Crippen molar-refractivity contribution in [2.24, 2.45) is 0 Å². The van der Waals surface area contributed by atoms with Crippen molar-refractivity contribution < 1.29 is 9.13 Å². The van der Waals surface area contributed by atoms with Gasteiger partial charge in [0.1, 0.15) is 0 Å². The number of nitrogens with one attached hydrogen (secondary N) is 1. The Balaban J connectivity index is 1.39. The molecule has 4 rings (SSSR count). The number of hydrogen-bond donors (Lipinski definition) is 1. The summed E-state index contributed by atoms with van der Waals surface area (Å²) in [7, 11) is 0. The molecule has 0 aromatic carbocycles. The van der Waals surface area contributed by atoms with Crippen molar-refractivity contribution >= 4 is 11.6 Å². The highest BCUT2D eigenvalue weighted by molar-refractivity contribution is 5.46. The monoisotopic (exact) mass is 315 g/mol. The van der Waals surface area contributed by atoms with Gasteiger partial charge in [-0.25, -0.2) is 14.4 Å². The van der Waals surface area contributed by atoms with Gasteiger partial charge in [-0.05, 0) is 18.6 Å². The molecule has 2 unspecified atom stereocenters. The summed E-state index contributed by atoms with van der Waals surface area (Å²) in [5, 5.41) is 3.23. The lowest BCUT2D eigenvalue weighted by atomic mass is 9.97. The molecule has 0 bridgehead atoms. The molecule has 2 aromatic rings. The van der Waals surface area contributed by atoms with Gasteiger partial charge >= 0.3 is 0 Å². The van der Waals surface area contributed by atoms with Crippen LogP contribution in [-0.2, 0) is 4.74 Å². The maximum Gasteiger partial charge on any atom is 0.223 e. The fourth-order valence-electron chi connectivity index (χ4n) is 3.40. The zero-order valence-electron chi connectivity index (χ0n) is 12.7. The highest BCUT2D eigenvalue weighted by Crippen LogP contribution is 2.37. The smallest absolute Gasteiger partial charge is 0.223 e.